The number of aryl methyl sites for hydroxylation is 1. The minimum atomic E-state index is -0.623. The van der Waals surface area contributed by atoms with Crippen LogP contribution in [0, 0.1) is 6.92 Å². The first kappa shape index (κ1) is 22.1. The van der Waals surface area contributed by atoms with Crippen LogP contribution in [0.2, 0.25) is 5.02 Å². The largest absolute Gasteiger partial charge is 0.369 e. The van der Waals surface area contributed by atoms with E-state index in [9.17, 15) is 9.59 Å². The molecule has 0 amide bonds. The summed E-state index contributed by atoms with van der Waals surface area (Å²) >= 11 is 6.19. The molecule has 2 aromatic heterocycles. The van der Waals surface area contributed by atoms with E-state index in [2.05, 4.69) is 50.1 Å². The Morgan fingerprint density at radius 1 is 1.03 bits per heavy atom. The van der Waals surface area contributed by atoms with Gasteiger partial charge in [-0.3, -0.25) is 9.78 Å². The Balaban J connectivity index is 1.44. The average molecular weight is 478 g/mol. The number of anilines is 3. The standard InChI is InChI=1S/C24H24ClN7O2/c1-15-13-16(7-8-19(15)31-11-9-30(2)10-12-31)27-23-26-14-17-21(28-23)29-24(34)32(22(17)33)20-6-4-3-5-18(20)25/h3-8,13-14H,9-12H2,1-2H3,(H2,26,27,28,29,34). The first-order chi connectivity index (χ1) is 16.4. The van der Waals surface area contributed by atoms with Crippen LogP contribution >= 0.6 is 11.6 Å². The number of piperazine rings is 1. The lowest BCUT2D eigenvalue weighted by atomic mass is 10.1. The number of rotatable bonds is 4. The van der Waals surface area contributed by atoms with Crippen LogP contribution in [0.25, 0.3) is 16.7 Å². The summed E-state index contributed by atoms with van der Waals surface area (Å²) in [6.07, 6.45) is 1.40. The highest BCUT2D eigenvalue weighted by molar-refractivity contribution is 6.32. The molecule has 2 aromatic carbocycles. The van der Waals surface area contributed by atoms with E-state index < -0.39 is 11.2 Å². The molecule has 1 saturated heterocycles. The van der Waals surface area contributed by atoms with Crippen molar-refractivity contribution in [3.05, 3.63) is 80.1 Å². The van der Waals surface area contributed by atoms with Crippen LogP contribution in [0.1, 0.15) is 5.56 Å². The summed E-state index contributed by atoms with van der Waals surface area (Å²) in [5.74, 6) is 0.282. The summed E-state index contributed by atoms with van der Waals surface area (Å²) < 4.78 is 0.988. The van der Waals surface area contributed by atoms with Gasteiger partial charge in [0.05, 0.1) is 10.7 Å². The minimum Gasteiger partial charge on any atom is -0.369 e. The molecule has 0 bridgehead atoms. The lowest BCUT2D eigenvalue weighted by molar-refractivity contribution is 0.312. The predicted molar refractivity (Wildman–Crippen MR) is 135 cm³/mol. The third-order valence-corrected chi connectivity index (χ3v) is 6.36. The Morgan fingerprint density at radius 3 is 2.53 bits per heavy atom. The molecule has 2 N–H and O–H groups in total. The molecule has 34 heavy (non-hydrogen) atoms. The molecule has 0 unspecified atom stereocenters. The fraction of sp³-hybridized carbons (Fsp3) is 0.250. The number of para-hydroxylation sites is 1. The molecule has 9 nitrogen and oxygen atoms in total. The molecular formula is C24H24ClN7O2. The van der Waals surface area contributed by atoms with Crippen LogP contribution in [0.15, 0.2) is 58.3 Å². The maximum Gasteiger partial charge on any atom is 0.334 e. The Morgan fingerprint density at radius 2 is 1.79 bits per heavy atom. The van der Waals surface area contributed by atoms with Gasteiger partial charge in [-0.1, -0.05) is 23.7 Å². The second kappa shape index (κ2) is 8.92. The Kier molecular flexibility index (Phi) is 5.80. The van der Waals surface area contributed by atoms with Crippen molar-refractivity contribution in [2.24, 2.45) is 0 Å². The highest BCUT2D eigenvalue weighted by atomic mass is 35.5. The van der Waals surface area contributed by atoms with Crippen molar-refractivity contribution in [3.8, 4) is 5.69 Å². The third kappa shape index (κ3) is 4.15. The van der Waals surface area contributed by atoms with Crippen LogP contribution in [0.4, 0.5) is 17.3 Å². The summed E-state index contributed by atoms with van der Waals surface area (Å²) in [6.45, 7) is 6.16. The number of H-pyrrole nitrogens is 1. The van der Waals surface area contributed by atoms with E-state index in [0.717, 1.165) is 42.0 Å². The second-order valence-electron chi connectivity index (χ2n) is 8.39. The molecule has 0 radical (unpaired) electrons. The Bertz CT molecular complexity index is 1490. The SMILES string of the molecule is Cc1cc(Nc2ncc3c(=O)n(-c4ccccc4Cl)c(=O)[nH]c3n2)ccc1N1CCN(C)CC1. The summed E-state index contributed by atoms with van der Waals surface area (Å²) in [4.78, 5) is 41.7. The van der Waals surface area contributed by atoms with Gasteiger partial charge in [-0.05, 0) is 49.9 Å². The molecule has 1 aliphatic rings. The van der Waals surface area contributed by atoms with Crippen molar-refractivity contribution >= 4 is 40.0 Å². The molecule has 5 rings (SSSR count). The zero-order valence-corrected chi connectivity index (χ0v) is 19.6. The van der Waals surface area contributed by atoms with Crippen molar-refractivity contribution in [1.82, 2.24) is 24.4 Å². The van der Waals surface area contributed by atoms with E-state index in [4.69, 9.17) is 11.6 Å². The van der Waals surface area contributed by atoms with Gasteiger partial charge in [-0.25, -0.2) is 14.3 Å². The zero-order chi connectivity index (χ0) is 23.8. The maximum absolute atomic E-state index is 13.0. The number of likely N-dealkylation sites (N-methyl/N-ethyl adjacent to an activating group) is 1. The van der Waals surface area contributed by atoms with Gasteiger partial charge in [0.15, 0.2) is 5.65 Å². The molecule has 3 heterocycles. The number of benzene rings is 2. The van der Waals surface area contributed by atoms with Crippen LogP contribution in [-0.4, -0.2) is 57.6 Å². The fourth-order valence-corrected chi connectivity index (χ4v) is 4.40. The molecule has 10 heteroatoms. The van der Waals surface area contributed by atoms with Crippen molar-refractivity contribution in [2.45, 2.75) is 6.92 Å². The zero-order valence-electron chi connectivity index (χ0n) is 18.9. The van der Waals surface area contributed by atoms with E-state index in [1.807, 2.05) is 12.1 Å². The van der Waals surface area contributed by atoms with E-state index >= 15 is 0 Å². The van der Waals surface area contributed by atoms with Crippen molar-refractivity contribution in [3.63, 3.8) is 0 Å². The van der Waals surface area contributed by atoms with E-state index in [0.29, 0.717) is 10.7 Å². The topological polar surface area (TPSA) is 99.1 Å². The molecule has 0 saturated carbocycles. The Labute approximate surface area is 200 Å². The summed E-state index contributed by atoms with van der Waals surface area (Å²) in [6, 6.07) is 12.8. The summed E-state index contributed by atoms with van der Waals surface area (Å²) in [5, 5.41) is 3.65. The lowest BCUT2D eigenvalue weighted by Crippen LogP contribution is -2.44. The number of halogens is 1. The molecule has 1 aliphatic heterocycles. The molecule has 0 aliphatic carbocycles. The van der Waals surface area contributed by atoms with Gasteiger partial charge in [0.2, 0.25) is 5.95 Å². The van der Waals surface area contributed by atoms with E-state index in [1.165, 1.54) is 11.9 Å². The number of nitrogens with zero attached hydrogens (tertiary/aromatic N) is 5. The first-order valence-corrected chi connectivity index (χ1v) is 11.4. The quantitative estimate of drug-likeness (QED) is 0.466. The first-order valence-electron chi connectivity index (χ1n) is 11.0. The van der Waals surface area contributed by atoms with Crippen molar-refractivity contribution in [1.29, 1.82) is 0 Å². The number of aromatic nitrogens is 4. The molecule has 1 fully saturated rings. The van der Waals surface area contributed by atoms with Crippen molar-refractivity contribution in [2.75, 3.05) is 43.4 Å². The van der Waals surface area contributed by atoms with Gasteiger partial charge in [-0.15, -0.1) is 0 Å². The fourth-order valence-electron chi connectivity index (χ4n) is 4.18. The molecule has 4 aromatic rings. The van der Waals surface area contributed by atoms with E-state index in [1.54, 1.807) is 24.3 Å². The molecule has 0 atom stereocenters. The van der Waals surface area contributed by atoms with Gasteiger partial charge < -0.3 is 15.1 Å². The van der Waals surface area contributed by atoms with Crippen LogP contribution in [0.5, 0.6) is 0 Å². The van der Waals surface area contributed by atoms with Crippen molar-refractivity contribution < 1.29 is 0 Å². The number of fused-ring (bicyclic) bond motifs is 1. The summed E-state index contributed by atoms with van der Waals surface area (Å²) in [7, 11) is 2.14. The number of hydrogen-bond donors (Lipinski definition) is 2. The predicted octanol–water partition coefficient (Wildman–Crippen LogP) is 2.93. The van der Waals surface area contributed by atoms with Gasteiger partial charge in [-0.2, -0.15) is 4.98 Å². The van der Waals surface area contributed by atoms with Gasteiger partial charge in [0, 0.05) is 43.8 Å². The molecular weight excluding hydrogens is 454 g/mol. The lowest BCUT2D eigenvalue weighted by Gasteiger charge is -2.35. The molecule has 0 spiro atoms. The smallest absolute Gasteiger partial charge is 0.334 e. The highest BCUT2D eigenvalue weighted by Crippen LogP contribution is 2.26. The number of nitrogens with one attached hydrogen (secondary N) is 2. The molecule has 174 valence electrons. The van der Waals surface area contributed by atoms with Gasteiger partial charge in [0.25, 0.3) is 5.56 Å². The second-order valence-corrected chi connectivity index (χ2v) is 8.80. The number of hydrogen-bond acceptors (Lipinski definition) is 7. The highest BCUT2D eigenvalue weighted by Gasteiger charge is 2.17. The summed E-state index contributed by atoms with van der Waals surface area (Å²) in [5.41, 5.74) is 2.47. The normalized spacial score (nSPS) is 14.5. The van der Waals surface area contributed by atoms with Gasteiger partial charge >= 0.3 is 5.69 Å². The maximum atomic E-state index is 13.0. The van der Waals surface area contributed by atoms with Crippen LogP contribution < -0.4 is 21.5 Å². The monoisotopic (exact) mass is 477 g/mol. The van der Waals surface area contributed by atoms with Gasteiger partial charge in [0.1, 0.15) is 5.39 Å². The van der Waals surface area contributed by atoms with Crippen LogP contribution in [-0.2, 0) is 0 Å². The minimum absolute atomic E-state index is 0.154. The van der Waals surface area contributed by atoms with Crippen LogP contribution in [0.3, 0.4) is 0 Å². The van der Waals surface area contributed by atoms with E-state index in [-0.39, 0.29) is 17.0 Å². The number of aromatic amines is 1. The average Bonchev–Trinajstić information content (AvgIpc) is 2.81. The third-order valence-electron chi connectivity index (χ3n) is 6.04. The Hall–Kier alpha value is -3.69.